The number of hydrogen-bond donors (Lipinski definition) is 2. The highest BCUT2D eigenvalue weighted by Gasteiger charge is 2.22. The second kappa shape index (κ2) is 7.36. The summed E-state index contributed by atoms with van der Waals surface area (Å²) in [6.45, 7) is 2.23. The van der Waals surface area contributed by atoms with Crippen molar-refractivity contribution in [2.75, 3.05) is 11.5 Å². The Bertz CT molecular complexity index is 481. The smallest absolute Gasteiger partial charge is 0.230 e. The van der Waals surface area contributed by atoms with Gasteiger partial charge >= 0.3 is 0 Å². The van der Waals surface area contributed by atoms with Crippen LogP contribution in [0, 0.1) is 5.92 Å². The third-order valence-electron chi connectivity index (χ3n) is 3.79. The van der Waals surface area contributed by atoms with Gasteiger partial charge in [-0.15, -0.1) is 11.8 Å². The molecule has 110 valence electrons. The predicted molar refractivity (Wildman–Crippen MR) is 88.8 cm³/mol. The van der Waals surface area contributed by atoms with Crippen molar-refractivity contribution in [2.24, 2.45) is 5.92 Å². The number of amides is 1. The summed E-state index contributed by atoms with van der Waals surface area (Å²) in [5.41, 5.74) is 6.64. The van der Waals surface area contributed by atoms with E-state index in [0.717, 1.165) is 15.8 Å². The van der Waals surface area contributed by atoms with Gasteiger partial charge in [-0.3, -0.25) is 4.79 Å². The summed E-state index contributed by atoms with van der Waals surface area (Å²) in [7, 11) is 0. The van der Waals surface area contributed by atoms with Gasteiger partial charge in [0.05, 0.1) is 5.75 Å². The number of nitrogens with one attached hydrogen (secondary N) is 1. The molecule has 1 aliphatic carbocycles. The molecule has 1 aromatic rings. The number of rotatable bonds is 4. The summed E-state index contributed by atoms with van der Waals surface area (Å²) >= 11 is 4.88. The Hall–Kier alpha value is -0.680. The maximum atomic E-state index is 12.0. The average molecular weight is 357 g/mol. The minimum Gasteiger partial charge on any atom is -0.398 e. The van der Waals surface area contributed by atoms with Crippen molar-refractivity contribution in [3.05, 3.63) is 22.7 Å². The van der Waals surface area contributed by atoms with Crippen molar-refractivity contribution in [3.8, 4) is 0 Å². The van der Waals surface area contributed by atoms with Crippen LogP contribution in [0.4, 0.5) is 5.69 Å². The van der Waals surface area contributed by atoms with E-state index in [1.807, 2.05) is 18.2 Å². The molecule has 2 unspecified atom stereocenters. The molecule has 5 heteroatoms. The first-order valence-electron chi connectivity index (χ1n) is 7.03. The third kappa shape index (κ3) is 4.42. The van der Waals surface area contributed by atoms with Crippen molar-refractivity contribution in [1.29, 1.82) is 0 Å². The van der Waals surface area contributed by atoms with Crippen LogP contribution < -0.4 is 11.1 Å². The monoisotopic (exact) mass is 356 g/mol. The first-order chi connectivity index (χ1) is 9.56. The molecule has 3 N–H and O–H groups in total. The summed E-state index contributed by atoms with van der Waals surface area (Å²) in [6, 6.07) is 6.10. The van der Waals surface area contributed by atoms with E-state index in [9.17, 15) is 4.79 Å². The molecule has 2 atom stereocenters. The number of carbonyl (C=O) groups excluding carboxylic acids is 1. The van der Waals surface area contributed by atoms with Gasteiger partial charge in [-0.1, -0.05) is 35.7 Å². The molecule has 0 bridgehead atoms. The molecular weight excluding hydrogens is 336 g/mol. The van der Waals surface area contributed by atoms with Crippen LogP contribution in [-0.2, 0) is 4.79 Å². The van der Waals surface area contributed by atoms with Crippen molar-refractivity contribution in [2.45, 2.75) is 43.5 Å². The van der Waals surface area contributed by atoms with Crippen LogP contribution in [0.1, 0.15) is 32.6 Å². The number of hydrogen-bond acceptors (Lipinski definition) is 3. The van der Waals surface area contributed by atoms with Crippen molar-refractivity contribution < 1.29 is 4.79 Å². The topological polar surface area (TPSA) is 55.1 Å². The van der Waals surface area contributed by atoms with Gasteiger partial charge in [-0.25, -0.2) is 0 Å². The van der Waals surface area contributed by atoms with Gasteiger partial charge in [0, 0.05) is 21.1 Å². The molecule has 0 aliphatic heterocycles. The quantitative estimate of drug-likeness (QED) is 0.636. The Labute approximate surface area is 133 Å². The number of thioether (sulfide) groups is 1. The zero-order valence-electron chi connectivity index (χ0n) is 11.7. The first-order valence-corrected chi connectivity index (χ1v) is 8.81. The Morgan fingerprint density at radius 3 is 2.90 bits per heavy atom. The standard InChI is InChI=1S/C15H21BrN2OS/c1-10-4-2-3-5-13(10)18-15(19)9-20-14-7-6-11(16)8-12(14)17/h6-8,10,13H,2-5,9,17H2,1H3,(H,18,19). The van der Waals surface area contributed by atoms with E-state index >= 15 is 0 Å². The van der Waals surface area contributed by atoms with Crippen LogP contribution in [0.2, 0.25) is 0 Å². The van der Waals surface area contributed by atoms with Crippen LogP contribution >= 0.6 is 27.7 Å². The van der Waals surface area contributed by atoms with Crippen LogP contribution in [0.5, 0.6) is 0 Å². The lowest BCUT2D eigenvalue weighted by Gasteiger charge is -2.29. The van der Waals surface area contributed by atoms with Gasteiger partial charge in [-0.2, -0.15) is 0 Å². The highest BCUT2D eigenvalue weighted by molar-refractivity contribution is 9.10. The fraction of sp³-hybridized carbons (Fsp3) is 0.533. The van der Waals surface area contributed by atoms with Gasteiger partial charge in [0.25, 0.3) is 0 Å². The first kappa shape index (κ1) is 15.7. The Morgan fingerprint density at radius 2 is 2.20 bits per heavy atom. The molecule has 0 saturated heterocycles. The van der Waals surface area contributed by atoms with Crippen molar-refractivity contribution in [3.63, 3.8) is 0 Å². The van der Waals surface area contributed by atoms with E-state index in [-0.39, 0.29) is 5.91 Å². The fourth-order valence-corrected chi connectivity index (χ4v) is 3.71. The second-order valence-corrected chi connectivity index (χ2v) is 7.34. The molecule has 1 amide bonds. The molecule has 3 nitrogen and oxygen atoms in total. The molecule has 1 aliphatic rings. The number of carbonyl (C=O) groups is 1. The summed E-state index contributed by atoms with van der Waals surface area (Å²) in [5.74, 6) is 1.13. The fourth-order valence-electron chi connectivity index (χ4n) is 2.57. The summed E-state index contributed by atoms with van der Waals surface area (Å²) in [5, 5.41) is 3.16. The van der Waals surface area contributed by atoms with E-state index in [2.05, 4.69) is 28.2 Å². The molecule has 2 rings (SSSR count). The molecule has 1 fully saturated rings. The molecule has 0 heterocycles. The van der Waals surface area contributed by atoms with E-state index in [0.29, 0.717) is 23.4 Å². The Morgan fingerprint density at radius 1 is 1.45 bits per heavy atom. The SMILES string of the molecule is CC1CCCCC1NC(=O)CSc1ccc(Br)cc1N. The highest BCUT2D eigenvalue weighted by atomic mass is 79.9. The Balaban J connectivity index is 1.82. The van der Waals surface area contributed by atoms with Gasteiger partial charge in [0.1, 0.15) is 0 Å². The molecule has 0 spiro atoms. The predicted octanol–water partition coefficient (Wildman–Crippen LogP) is 3.82. The maximum absolute atomic E-state index is 12.0. The lowest BCUT2D eigenvalue weighted by atomic mass is 9.86. The zero-order valence-corrected chi connectivity index (χ0v) is 14.1. The van der Waals surface area contributed by atoms with Crippen LogP contribution in [0.3, 0.4) is 0 Å². The number of anilines is 1. The lowest BCUT2D eigenvalue weighted by Crippen LogP contribution is -2.41. The molecule has 1 aromatic carbocycles. The van der Waals surface area contributed by atoms with E-state index < -0.39 is 0 Å². The zero-order chi connectivity index (χ0) is 14.5. The highest BCUT2D eigenvalue weighted by Crippen LogP contribution is 2.28. The third-order valence-corrected chi connectivity index (χ3v) is 5.37. The minimum absolute atomic E-state index is 0.107. The maximum Gasteiger partial charge on any atom is 0.230 e. The molecule has 1 saturated carbocycles. The van der Waals surface area contributed by atoms with Crippen molar-refractivity contribution >= 4 is 39.3 Å². The van der Waals surface area contributed by atoms with Crippen LogP contribution in [0.15, 0.2) is 27.6 Å². The Kier molecular flexibility index (Phi) is 5.78. The second-order valence-electron chi connectivity index (χ2n) is 5.41. The van der Waals surface area contributed by atoms with Gasteiger partial charge in [0.15, 0.2) is 0 Å². The lowest BCUT2D eigenvalue weighted by molar-refractivity contribution is -0.119. The number of nitrogen functional groups attached to an aromatic ring is 1. The van der Waals surface area contributed by atoms with E-state index in [1.54, 1.807) is 0 Å². The van der Waals surface area contributed by atoms with Crippen LogP contribution in [0.25, 0.3) is 0 Å². The summed E-state index contributed by atoms with van der Waals surface area (Å²) < 4.78 is 0.958. The number of benzene rings is 1. The summed E-state index contributed by atoms with van der Waals surface area (Å²) in [4.78, 5) is 13.0. The van der Waals surface area contributed by atoms with Gasteiger partial charge < -0.3 is 11.1 Å². The largest absolute Gasteiger partial charge is 0.398 e. The average Bonchev–Trinajstić information content (AvgIpc) is 2.40. The van der Waals surface area contributed by atoms with E-state index in [1.165, 1.54) is 31.0 Å². The van der Waals surface area contributed by atoms with Gasteiger partial charge in [-0.05, 0) is 37.0 Å². The number of halogens is 1. The van der Waals surface area contributed by atoms with Gasteiger partial charge in [0.2, 0.25) is 5.91 Å². The van der Waals surface area contributed by atoms with Crippen LogP contribution in [-0.4, -0.2) is 17.7 Å². The normalized spacial score (nSPS) is 22.5. The molecule has 20 heavy (non-hydrogen) atoms. The van der Waals surface area contributed by atoms with E-state index in [4.69, 9.17) is 5.73 Å². The molecule has 0 aromatic heterocycles. The molecule has 0 radical (unpaired) electrons. The minimum atomic E-state index is 0.107. The summed E-state index contributed by atoms with van der Waals surface area (Å²) in [6.07, 6.45) is 4.84. The van der Waals surface area contributed by atoms with Crippen molar-refractivity contribution in [1.82, 2.24) is 5.32 Å². The molecular formula is C15H21BrN2OS. The number of nitrogens with two attached hydrogens (primary N) is 1.